The summed E-state index contributed by atoms with van der Waals surface area (Å²) in [6.07, 6.45) is -0.256. The van der Waals surface area contributed by atoms with Gasteiger partial charge in [-0.3, -0.25) is 4.79 Å². The van der Waals surface area contributed by atoms with E-state index in [0.717, 1.165) is 17.7 Å². The minimum Gasteiger partial charge on any atom is -0.449 e. The fourth-order valence-corrected chi connectivity index (χ4v) is 3.36. The molecule has 0 radical (unpaired) electrons. The van der Waals surface area contributed by atoms with Crippen LogP contribution in [0, 0.1) is 5.82 Å². The van der Waals surface area contributed by atoms with Crippen molar-refractivity contribution in [2.24, 2.45) is 0 Å². The predicted molar refractivity (Wildman–Crippen MR) is 96.1 cm³/mol. The predicted octanol–water partition coefficient (Wildman–Crippen LogP) is 4.11. The molecule has 1 heterocycles. The number of benzene rings is 2. The van der Waals surface area contributed by atoms with Gasteiger partial charge in [0, 0.05) is 16.2 Å². The summed E-state index contributed by atoms with van der Waals surface area (Å²) in [5, 5.41) is 0. The van der Waals surface area contributed by atoms with Gasteiger partial charge >= 0.3 is 5.97 Å². The Bertz CT molecular complexity index is 839. The third-order valence-electron chi connectivity index (χ3n) is 4.23. The topological polar surface area (TPSA) is 46.6 Å². The van der Waals surface area contributed by atoms with E-state index in [1.54, 1.807) is 11.0 Å². The number of fused-ring (bicyclic) bond motifs is 1. The molecule has 0 fully saturated rings. The minimum absolute atomic E-state index is 0.0181. The lowest BCUT2D eigenvalue weighted by Gasteiger charge is -2.26. The molecule has 2 aromatic rings. The van der Waals surface area contributed by atoms with Gasteiger partial charge in [0.25, 0.3) is 5.91 Å². The van der Waals surface area contributed by atoms with Gasteiger partial charge in [0.2, 0.25) is 0 Å². The molecule has 2 aromatic carbocycles. The lowest BCUT2D eigenvalue weighted by Crippen LogP contribution is -2.43. The Morgan fingerprint density at radius 3 is 2.72 bits per heavy atom. The van der Waals surface area contributed by atoms with E-state index in [2.05, 4.69) is 15.9 Å². The zero-order chi connectivity index (χ0) is 18.1. The van der Waals surface area contributed by atoms with E-state index in [1.807, 2.05) is 31.2 Å². The molecule has 2 atom stereocenters. The summed E-state index contributed by atoms with van der Waals surface area (Å²) in [6, 6.07) is 11.7. The molecule has 130 valence electrons. The second-order valence-corrected chi connectivity index (χ2v) is 6.98. The van der Waals surface area contributed by atoms with Gasteiger partial charge in [-0.1, -0.05) is 34.1 Å². The Hall–Kier alpha value is -2.21. The third kappa shape index (κ3) is 3.44. The fourth-order valence-electron chi connectivity index (χ4n) is 3.03. The molecule has 25 heavy (non-hydrogen) atoms. The highest BCUT2D eigenvalue weighted by Crippen LogP contribution is 2.32. The number of halogens is 2. The number of carbonyl (C=O) groups excluding carboxylic acids is 2. The van der Waals surface area contributed by atoms with Crippen LogP contribution in [0.15, 0.2) is 46.9 Å². The minimum atomic E-state index is -1.01. The Balaban J connectivity index is 1.76. The lowest BCUT2D eigenvalue weighted by molar-refractivity contribution is -0.126. The summed E-state index contributed by atoms with van der Waals surface area (Å²) in [5.74, 6) is -1.87. The van der Waals surface area contributed by atoms with Gasteiger partial charge in [0.05, 0.1) is 5.56 Å². The van der Waals surface area contributed by atoms with E-state index in [4.69, 9.17) is 4.74 Å². The van der Waals surface area contributed by atoms with E-state index >= 15 is 0 Å². The maximum absolute atomic E-state index is 13.9. The number of hydrogen-bond acceptors (Lipinski definition) is 3. The van der Waals surface area contributed by atoms with Crippen LogP contribution in [0.3, 0.4) is 0 Å². The van der Waals surface area contributed by atoms with Crippen molar-refractivity contribution in [3.05, 3.63) is 63.9 Å². The summed E-state index contributed by atoms with van der Waals surface area (Å²) in [7, 11) is 0. The number of anilines is 1. The van der Waals surface area contributed by atoms with Crippen molar-refractivity contribution in [2.75, 3.05) is 4.90 Å². The van der Waals surface area contributed by atoms with E-state index in [0.29, 0.717) is 4.47 Å². The lowest BCUT2D eigenvalue weighted by atomic mass is 10.1. The van der Waals surface area contributed by atoms with Gasteiger partial charge < -0.3 is 9.64 Å². The second-order valence-electron chi connectivity index (χ2n) is 6.06. The molecule has 4 nitrogen and oxygen atoms in total. The maximum atomic E-state index is 13.9. The van der Waals surface area contributed by atoms with Gasteiger partial charge in [-0.25, -0.2) is 9.18 Å². The fraction of sp³-hybridized carbons (Fsp3) is 0.263. The van der Waals surface area contributed by atoms with Crippen LogP contribution in [0.25, 0.3) is 0 Å². The molecule has 3 rings (SSSR count). The molecular weight excluding hydrogens is 389 g/mol. The highest BCUT2D eigenvalue weighted by molar-refractivity contribution is 9.10. The maximum Gasteiger partial charge on any atom is 0.341 e. The highest BCUT2D eigenvalue weighted by atomic mass is 79.9. The van der Waals surface area contributed by atoms with Crippen molar-refractivity contribution in [3.8, 4) is 0 Å². The van der Waals surface area contributed by atoms with Crippen LogP contribution in [0.5, 0.6) is 0 Å². The molecule has 0 saturated carbocycles. The van der Waals surface area contributed by atoms with Crippen molar-refractivity contribution in [3.63, 3.8) is 0 Å². The number of esters is 1. The van der Waals surface area contributed by atoms with Crippen molar-refractivity contribution in [1.82, 2.24) is 0 Å². The molecule has 0 unspecified atom stereocenters. The summed E-state index contributed by atoms with van der Waals surface area (Å²) in [6.45, 7) is 3.45. The monoisotopic (exact) mass is 405 g/mol. The first kappa shape index (κ1) is 17.6. The van der Waals surface area contributed by atoms with Crippen LogP contribution < -0.4 is 4.90 Å². The van der Waals surface area contributed by atoms with Crippen LogP contribution in [0.1, 0.15) is 29.8 Å². The number of nitrogens with zero attached hydrogens (tertiary/aromatic N) is 1. The van der Waals surface area contributed by atoms with E-state index in [9.17, 15) is 14.0 Å². The third-order valence-corrected chi connectivity index (χ3v) is 4.72. The average Bonchev–Trinajstić information content (AvgIpc) is 2.89. The molecule has 0 spiro atoms. The molecule has 0 aromatic heterocycles. The largest absolute Gasteiger partial charge is 0.449 e. The van der Waals surface area contributed by atoms with Crippen LogP contribution in [-0.2, 0) is 16.0 Å². The van der Waals surface area contributed by atoms with Gasteiger partial charge in [-0.2, -0.15) is 0 Å². The molecule has 0 aliphatic carbocycles. The van der Waals surface area contributed by atoms with Crippen molar-refractivity contribution in [1.29, 1.82) is 0 Å². The van der Waals surface area contributed by atoms with E-state index < -0.39 is 17.9 Å². The summed E-state index contributed by atoms with van der Waals surface area (Å²) < 4.78 is 19.6. The Morgan fingerprint density at radius 1 is 1.28 bits per heavy atom. The zero-order valence-corrected chi connectivity index (χ0v) is 15.4. The first-order valence-corrected chi connectivity index (χ1v) is 8.75. The van der Waals surface area contributed by atoms with Crippen molar-refractivity contribution < 1.29 is 18.7 Å². The first-order chi connectivity index (χ1) is 11.9. The number of amides is 1. The van der Waals surface area contributed by atoms with Crippen LogP contribution in [0.2, 0.25) is 0 Å². The SMILES string of the molecule is C[C@@H](OC(=O)c1ccc(Br)cc1F)C(=O)N1c2ccccc2C[C@@H]1C. The number of ether oxygens (including phenoxy) is 1. The molecule has 1 amide bonds. The number of para-hydroxylation sites is 1. The highest BCUT2D eigenvalue weighted by Gasteiger charge is 2.34. The van der Waals surface area contributed by atoms with Gasteiger partial charge in [-0.15, -0.1) is 0 Å². The normalized spacial score (nSPS) is 17.1. The molecule has 0 N–H and O–H groups in total. The summed E-state index contributed by atoms with van der Waals surface area (Å²) in [4.78, 5) is 26.6. The van der Waals surface area contributed by atoms with Crippen molar-refractivity contribution >= 4 is 33.5 Å². The second kappa shape index (κ2) is 6.96. The molecular formula is C19H17BrFNO3. The standard InChI is InChI=1S/C19H17BrFNO3/c1-11-9-13-5-3-4-6-17(13)22(11)18(23)12(2)25-19(24)15-8-7-14(20)10-16(15)21/h3-8,10-12H,9H2,1-2H3/t11-,12+/m0/s1. The Kier molecular flexibility index (Phi) is 4.90. The first-order valence-electron chi connectivity index (χ1n) is 7.95. The number of carbonyl (C=O) groups is 2. The average molecular weight is 406 g/mol. The Labute approximate surface area is 153 Å². The molecule has 0 saturated heterocycles. The molecule has 6 heteroatoms. The van der Waals surface area contributed by atoms with Gasteiger partial charge in [-0.05, 0) is 50.1 Å². The summed E-state index contributed by atoms with van der Waals surface area (Å²) in [5.41, 5.74) is 1.72. The van der Waals surface area contributed by atoms with E-state index in [-0.39, 0.29) is 17.5 Å². The van der Waals surface area contributed by atoms with Crippen LogP contribution in [0.4, 0.5) is 10.1 Å². The zero-order valence-electron chi connectivity index (χ0n) is 13.8. The Morgan fingerprint density at radius 2 is 2.00 bits per heavy atom. The summed E-state index contributed by atoms with van der Waals surface area (Å²) >= 11 is 3.13. The van der Waals surface area contributed by atoms with Gasteiger partial charge in [0.1, 0.15) is 5.82 Å². The number of rotatable bonds is 3. The quantitative estimate of drug-likeness (QED) is 0.721. The molecule has 1 aliphatic heterocycles. The van der Waals surface area contributed by atoms with E-state index in [1.165, 1.54) is 19.1 Å². The molecule has 1 aliphatic rings. The number of hydrogen-bond donors (Lipinski definition) is 0. The van der Waals surface area contributed by atoms with Crippen molar-refractivity contribution in [2.45, 2.75) is 32.4 Å². The molecule has 0 bridgehead atoms. The van der Waals surface area contributed by atoms with Gasteiger partial charge in [0.15, 0.2) is 6.10 Å². The smallest absolute Gasteiger partial charge is 0.341 e. The van der Waals surface area contributed by atoms with Crippen LogP contribution >= 0.6 is 15.9 Å². The van der Waals surface area contributed by atoms with Crippen LogP contribution in [-0.4, -0.2) is 24.0 Å².